The van der Waals surface area contributed by atoms with Gasteiger partial charge in [-0.3, -0.25) is 9.78 Å². The van der Waals surface area contributed by atoms with Crippen LogP contribution in [0, 0.1) is 13.8 Å². The molecule has 1 N–H and O–H groups in total. The lowest BCUT2D eigenvalue weighted by Crippen LogP contribution is -2.26. The van der Waals surface area contributed by atoms with E-state index in [-0.39, 0.29) is 12.0 Å². The highest BCUT2D eigenvalue weighted by molar-refractivity contribution is 5.95. The van der Waals surface area contributed by atoms with Gasteiger partial charge in [0.1, 0.15) is 0 Å². The van der Waals surface area contributed by atoms with Gasteiger partial charge in [0.05, 0.1) is 23.9 Å². The summed E-state index contributed by atoms with van der Waals surface area (Å²) in [5, 5.41) is 2.97. The van der Waals surface area contributed by atoms with Crippen molar-refractivity contribution in [2.45, 2.75) is 46.8 Å². The van der Waals surface area contributed by atoms with Crippen molar-refractivity contribution in [1.82, 2.24) is 14.9 Å². The Hall–Kier alpha value is -2.14. The van der Waals surface area contributed by atoms with E-state index in [1.54, 1.807) is 6.20 Å². The molecule has 0 saturated carbocycles. The predicted molar refractivity (Wildman–Crippen MR) is 95.3 cm³/mol. The molecule has 0 unspecified atom stereocenters. The zero-order chi connectivity index (χ0) is 17.5. The lowest BCUT2D eigenvalue weighted by atomic mass is 10.2. The van der Waals surface area contributed by atoms with Crippen molar-refractivity contribution >= 4 is 5.91 Å². The number of aromatic nitrogens is 2. The summed E-state index contributed by atoms with van der Waals surface area (Å²) in [6.07, 6.45) is 2.83. The molecule has 130 valence electrons. The zero-order valence-corrected chi connectivity index (χ0v) is 15.0. The number of hydrogen-bond donors (Lipinski definition) is 1. The number of aryl methyl sites for hydroxylation is 1. The molecule has 2 aromatic heterocycles. The van der Waals surface area contributed by atoms with E-state index in [4.69, 9.17) is 4.74 Å². The molecule has 0 aliphatic heterocycles. The van der Waals surface area contributed by atoms with Gasteiger partial charge in [-0.05, 0) is 52.3 Å². The van der Waals surface area contributed by atoms with Crippen LogP contribution in [0.1, 0.15) is 47.7 Å². The van der Waals surface area contributed by atoms with Gasteiger partial charge in [0.15, 0.2) is 0 Å². The van der Waals surface area contributed by atoms with E-state index in [1.165, 1.54) is 0 Å². The summed E-state index contributed by atoms with van der Waals surface area (Å²) in [5.41, 5.74) is 3.74. The van der Waals surface area contributed by atoms with Crippen molar-refractivity contribution in [3.63, 3.8) is 0 Å². The fourth-order valence-corrected chi connectivity index (χ4v) is 2.62. The van der Waals surface area contributed by atoms with Crippen molar-refractivity contribution in [2.75, 3.05) is 13.2 Å². The van der Waals surface area contributed by atoms with E-state index in [0.717, 1.165) is 29.1 Å². The smallest absolute Gasteiger partial charge is 0.253 e. The molecule has 0 aromatic carbocycles. The van der Waals surface area contributed by atoms with Crippen LogP contribution >= 0.6 is 0 Å². The van der Waals surface area contributed by atoms with Gasteiger partial charge < -0.3 is 14.6 Å². The lowest BCUT2D eigenvalue weighted by Gasteiger charge is -2.10. The number of rotatable bonds is 8. The molecule has 2 heterocycles. The van der Waals surface area contributed by atoms with Crippen LogP contribution in [0.2, 0.25) is 0 Å². The molecule has 0 saturated heterocycles. The number of carbonyl (C=O) groups is 1. The molecule has 2 rings (SSSR count). The number of amides is 1. The van der Waals surface area contributed by atoms with Gasteiger partial charge in [0.25, 0.3) is 5.91 Å². The summed E-state index contributed by atoms with van der Waals surface area (Å²) >= 11 is 0. The zero-order valence-electron chi connectivity index (χ0n) is 15.0. The monoisotopic (exact) mass is 329 g/mol. The van der Waals surface area contributed by atoms with Gasteiger partial charge in [0, 0.05) is 30.7 Å². The Morgan fingerprint density at radius 3 is 2.79 bits per heavy atom. The average Bonchev–Trinajstić information content (AvgIpc) is 2.83. The number of hydrogen-bond acceptors (Lipinski definition) is 3. The normalized spacial score (nSPS) is 11.0. The molecule has 0 aliphatic rings. The third kappa shape index (κ3) is 4.93. The molecule has 2 aromatic rings. The molecule has 5 nitrogen and oxygen atoms in total. The Balaban J connectivity index is 1.96. The topological polar surface area (TPSA) is 56.1 Å². The summed E-state index contributed by atoms with van der Waals surface area (Å²) in [7, 11) is 0. The van der Waals surface area contributed by atoms with Crippen molar-refractivity contribution in [3.8, 4) is 0 Å². The Kier molecular flexibility index (Phi) is 6.55. The van der Waals surface area contributed by atoms with E-state index < -0.39 is 0 Å². The van der Waals surface area contributed by atoms with Gasteiger partial charge in [-0.2, -0.15) is 0 Å². The van der Waals surface area contributed by atoms with E-state index >= 15 is 0 Å². The maximum Gasteiger partial charge on any atom is 0.253 e. The van der Waals surface area contributed by atoms with Gasteiger partial charge in [0.2, 0.25) is 0 Å². The van der Waals surface area contributed by atoms with Crippen LogP contribution in [0.15, 0.2) is 30.5 Å². The second kappa shape index (κ2) is 8.64. The van der Waals surface area contributed by atoms with Crippen molar-refractivity contribution < 1.29 is 9.53 Å². The first-order valence-electron chi connectivity index (χ1n) is 8.45. The number of pyridine rings is 1. The SMILES string of the molecule is Cc1cc(C(=O)NCCCOC(C)C)c(C)n1Cc1ccccn1. The largest absolute Gasteiger partial charge is 0.379 e. The predicted octanol–water partition coefficient (Wildman–Crippen LogP) is 3.09. The van der Waals surface area contributed by atoms with E-state index in [2.05, 4.69) is 14.9 Å². The quantitative estimate of drug-likeness (QED) is 0.757. The summed E-state index contributed by atoms with van der Waals surface area (Å²) in [6, 6.07) is 7.82. The van der Waals surface area contributed by atoms with Crippen LogP contribution in [0.4, 0.5) is 0 Å². The third-order valence-corrected chi connectivity index (χ3v) is 3.92. The average molecular weight is 329 g/mol. The van der Waals surface area contributed by atoms with Gasteiger partial charge in [-0.15, -0.1) is 0 Å². The van der Waals surface area contributed by atoms with Gasteiger partial charge in [-0.1, -0.05) is 6.07 Å². The summed E-state index contributed by atoms with van der Waals surface area (Å²) < 4.78 is 7.60. The minimum absolute atomic E-state index is 0.0279. The standard InChI is InChI=1S/C19H27N3O2/c1-14(2)24-11-7-10-21-19(23)18-12-15(3)22(16(18)4)13-17-8-5-6-9-20-17/h5-6,8-9,12,14H,7,10-11,13H2,1-4H3,(H,21,23). The summed E-state index contributed by atoms with van der Waals surface area (Å²) in [4.78, 5) is 16.8. The highest BCUT2D eigenvalue weighted by Crippen LogP contribution is 2.16. The number of carbonyl (C=O) groups excluding carboxylic acids is 1. The fourth-order valence-electron chi connectivity index (χ4n) is 2.62. The number of nitrogens with zero attached hydrogens (tertiary/aromatic N) is 2. The molecule has 0 fully saturated rings. The van der Waals surface area contributed by atoms with E-state index in [9.17, 15) is 4.79 Å². The van der Waals surface area contributed by atoms with Crippen LogP contribution in [0.25, 0.3) is 0 Å². The Morgan fingerprint density at radius 2 is 2.12 bits per heavy atom. The maximum atomic E-state index is 12.4. The Morgan fingerprint density at radius 1 is 1.33 bits per heavy atom. The van der Waals surface area contributed by atoms with Crippen LogP contribution in [0.3, 0.4) is 0 Å². The number of nitrogens with one attached hydrogen (secondary N) is 1. The second-order valence-electron chi connectivity index (χ2n) is 6.22. The minimum Gasteiger partial charge on any atom is -0.379 e. The molecule has 24 heavy (non-hydrogen) atoms. The fraction of sp³-hybridized carbons (Fsp3) is 0.474. The molecule has 5 heteroatoms. The van der Waals surface area contributed by atoms with Crippen LogP contribution < -0.4 is 5.32 Å². The first-order valence-corrected chi connectivity index (χ1v) is 8.45. The molecule has 0 atom stereocenters. The maximum absolute atomic E-state index is 12.4. The highest BCUT2D eigenvalue weighted by atomic mass is 16.5. The van der Waals surface area contributed by atoms with Gasteiger partial charge in [-0.25, -0.2) is 0 Å². The summed E-state index contributed by atoms with van der Waals surface area (Å²) in [5.74, 6) is -0.0279. The van der Waals surface area contributed by atoms with E-state index in [0.29, 0.717) is 19.7 Å². The molecule has 0 bridgehead atoms. The van der Waals surface area contributed by atoms with Crippen LogP contribution in [-0.2, 0) is 11.3 Å². The first-order chi connectivity index (χ1) is 11.5. The van der Waals surface area contributed by atoms with Crippen molar-refractivity contribution in [3.05, 3.63) is 53.1 Å². The molecular formula is C19H27N3O2. The molecule has 0 aliphatic carbocycles. The minimum atomic E-state index is -0.0279. The lowest BCUT2D eigenvalue weighted by molar-refractivity contribution is 0.0757. The molecule has 0 radical (unpaired) electrons. The molecular weight excluding hydrogens is 302 g/mol. The highest BCUT2D eigenvalue weighted by Gasteiger charge is 2.15. The second-order valence-corrected chi connectivity index (χ2v) is 6.22. The molecule has 1 amide bonds. The summed E-state index contributed by atoms with van der Waals surface area (Å²) in [6.45, 7) is 9.97. The van der Waals surface area contributed by atoms with E-state index in [1.807, 2.05) is 52.0 Å². The molecule has 0 spiro atoms. The van der Waals surface area contributed by atoms with Crippen LogP contribution in [-0.4, -0.2) is 34.7 Å². The number of ether oxygens (including phenoxy) is 1. The third-order valence-electron chi connectivity index (χ3n) is 3.92. The first kappa shape index (κ1) is 18.2. The van der Waals surface area contributed by atoms with Gasteiger partial charge >= 0.3 is 0 Å². The van der Waals surface area contributed by atoms with Crippen molar-refractivity contribution in [2.24, 2.45) is 0 Å². The Labute approximate surface area is 144 Å². The van der Waals surface area contributed by atoms with Crippen molar-refractivity contribution in [1.29, 1.82) is 0 Å². The van der Waals surface area contributed by atoms with Crippen LogP contribution in [0.5, 0.6) is 0 Å². The Bertz CT molecular complexity index is 663.